The van der Waals surface area contributed by atoms with Gasteiger partial charge in [-0.1, -0.05) is 0 Å². The molecule has 1 fully saturated rings. The summed E-state index contributed by atoms with van der Waals surface area (Å²) < 4.78 is 0. The molecular formula is C10H16N4. The van der Waals surface area contributed by atoms with E-state index in [4.69, 9.17) is 5.73 Å². The molecule has 4 nitrogen and oxygen atoms in total. The maximum atomic E-state index is 5.57. The Bertz CT molecular complexity index is 271. The minimum absolute atomic E-state index is 0.719. The molecule has 1 aliphatic carbocycles. The Morgan fingerprint density at radius 1 is 1.43 bits per heavy atom. The van der Waals surface area contributed by atoms with E-state index in [1.54, 1.807) is 12.4 Å². The van der Waals surface area contributed by atoms with Crippen molar-refractivity contribution in [2.24, 2.45) is 5.73 Å². The van der Waals surface area contributed by atoms with E-state index in [1.807, 2.05) is 6.20 Å². The fourth-order valence-electron chi connectivity index (χ4n) is 1.62. The minimum atomic E-state index is 0.719. The minimum Gasteiger partial charge on any atom is -0.329 e. The predicted octanol–water partition coefficient (Wildman–Crippen LogP) is 0.400. The average molecular weight is 192 g/mol. The Hall–Kier alpha value is -1.00. The first-order valence-corrected chi connectivity index (χ1v) is 5.09. The van der Waals surface area contributed by atoms with E-state index in [0.29, 0.717) is 0 Å². The van der Waals surface area contributed by atoms with E-state index in [2.05, 4.69) is 14.9 Å². The van der Waals surface area contributed by atoms with E-state index in [0.717, 1.165) is 31.4 Å². The lowest BCUT2D eigenvalue weighted by Gasteiger charge is -2.19. The van der Waals surface area contributed by atoms with Crippen LogP contribution in [0.1, 0.15) is 18.5 Å². The molecule has 0 radical (unpaired) electrons. The Morgan fingerprint density at radius 3 is 2.86 bits per heavy atom. The first-order chi connectivity index (χ1) is 6.90. The van der Waals surface area contributed by atoms with Gasteiger partial charge in [-0.3, -0.25) is 14.9 Å². The lowest BCUT2D eigenvalue weighted by Crippen LogP contribution is -2.31. The average Bonchev–Trinajstić information content (AvgIpc) is 3.02. The van der Waals surface area contributed by atoms with Crippen molar-refractivity contribution in [3.05, 3.63) is 24.3 Å². The lowest BCUT2D eigenvalue weighted by molar-refractivity contribution is 0.259. The molecular weight excluding hydrogens is 176 g/mol. The van der Waals surface area contributed by atoms with Crippen LogP contribution in [0.25, 0.3) is 0 Å². The van der Waals surface area contributed by atoms with Gasteiger partial charge in [-0.15, -0.1) is 0 Å². The highest BCUT2D eigenvalue weighted by Gasteiger charge is 2.28. The van der Waals surface area contributed by atoms with Crippen molar-refractivity contribution in [3.63, 3.8) is 0 Å². The van der Waals surface area contributed by atoms with Crippen LogP contribution in [0.5, 0.6) is 0 Å². The highest BCUT2D eigenvalue weighted by atomic mass is 15.2. The van der Waals surface area contributed by atoms with Gasteiger partial charge in [-0.2, -0.15) is 0 Å². The second-order valence-electron chi connectivity index (χ2n) is 3.69. The molecule has 0 aromatic carbocycles. The second-order valence-corrected chi connectivity index (χ2v) is 3.69. The predicted molar refractivity (Wildman–Crippen MR) is 54.5 cm³/mol. The zero-order valence-corrected chi connectivity index (χ0v) is 8.26. The largest absolute Gasteiger partial charge is 0.329 e. The summed E-state index contributed by atoms with van der Waals surface area (Å²) in [5, 5.41) is 0. The second kappa shape index (κ2) is 4.48. The highest BCUT2D eigenvalue weighted by molar-refractivity contribution is 4.97. The first-order valence-electron chi connectivity index (χ1n) is 5.09. The molecule has 2 rings (SSSR count). The Kier molecular flexibility index (Phi) is 3.06. The maximum absolute atomic E-state index is 5.57. The molecule has 4 heteroatoms. The van der Waals surface area contributed by atoms with Crippen LogP contribution < -0.4 is 5.73 Å². The summed E-state index contributed by atoms with van der Waals surface area (Å²) in [7, 11) is 0. The molecule has 0 saturated heterocycles. The molecule has 76 valence electrons. The normalized spacial score (nSPS) is 16.1. The summed E-state index contributed by atoms with van der Waals surface area (Å²) in [6, 6.07) is 0.737. The standard InChI is InChI=1S/C10H16N4/c11-3-6-14(10-1-2-10)8-9-7-12-4-5-13-9/h4-5,7,10H,1-3,6,8,11H2. The van der Waals surface area contributed by atoms with Gasteiger partial charge in [0.15, 0.2) is 0 Å². The molecule has 1 aliphatic rings. The molecule has 0 amide bonds. The number of aromatic nitrogens is 2. The number of hydrogen-bond donors (Lipinski definition) is 1. The van der Waals surface area contributed by atoms with E-state index >= 15 is 0 Å². The Labute approximate surface area is 84.2 Å². The van der Waals surface area contributed by atoms with Gasteiger partial charge < -0.3 is 5.73 Å². The van der Waals surface area contributed by atoms with Crippen molar-refractivity contribution in [3.8, 4) is 0 Å². The lowest BCUT2D eigenvalue weighted by atomic mass is 10.3. The van der Waals surface area contributed by atoms with Crippen LogP contribution in [-0.2, 0) is 6.54 Å². The van der Waals surface area contributed by atoms with Gasteiger partial charge in [0.05, 0.1) is 5.69 Å². The van der Waals surface area contributed by atoms with Crippen LogP contribution in [-0.4, -0.2) is 34.0 Å². The van der Waals surface area contributed by atoms with Crippen molar-refractivity contribution < 1.29 is 0 Å². The van der Waals surface area contributed by atoms with Gasteiger partial charge in [0.2, 0.25) is 0 Å². The van der Waals surface area contributed by atoms with Crippen LogP contribution in [0, 0.1) is 0 Å². The van der Waals surface area contributed by atoms with Crippen molar-refractivity contribution >= 4 is 0 Å². The van der Waals surface area contributed by atoms with Gasteiger partial charge in [-0.05, 0) is 12.8 Å². The third kappa shape index (κ3) is 2.49. The van der Waals surface area contributed by atoms with Crippen LogP contribution in [0.3, 0.4) is 0 Å². The van der Waals surface area contributed by atoms with Crippen molar-refractivity contribution in [1.29, 1.82) is 0 Å². The molecule has 1 heterocycles. The SMILES string of the molecule is NCCN(Cc1cnccn1)C1CC1. The molecule has 1 saturated carbocycles. The molecule has 0 atom stereocenters. The van der Waals surface area contributed by atoms with Crippen molar-refractivity contribution in [2.45, 2.75) is 25.4 Å². The van der Waals surface area contributed by atoms with Gasteiger partial charge in [0.1, 0.15) is 0 Å². The molecule has 0 unspecified atom stereocenters. The van der Waals surface area contributed by atoms with Crippen LogP contribution in [0.4, 0.5) is 0 Å². The van der Waals surface area contributed by atoms with E-state index < -0.39 is 0 Å². The fourth-order valence-corrected chi connectivity index (χ4v) is 1.62. The maximum Gasteiger partial charge on any atom is 0.0726 e. The van der Waals surface area contributed by atoms with Gasteiger partial charge >= 0.3 is 0 Å². The quantitative estimate of drug-likeness (QED) is 0.733. The smallest absolute Gasteiger partial charge is 0.0726 e. The monoisotopic (exact) mass is 192 g/mol. The van der Waals surface area contributed by atoms with Crippen molar-refractivity contribution in [2.75, 3.05) is 13.1 Å². The fraction of sp³-hybridized carbons (Fsp3) is 0.600. The molecule has 0 spiro atoms. The molecule has 1 aromatic heterocycles. The summed E-state index contributed by atoms with van der Waals surface area (Å²) in [6.07, 6.45) is 7.88. The highest BCUT2D eigenvalue weighted by Crippen LogP contribution is 2.27. The summed E-state index contributed by atoms with van der Waals surface area (Å²) in [4.78, 5) is 10.7. The number of rotatable bonds is 5. The van der Waals surface area contributed by atoms with Crippen LogP contribution in [0.15, 0.2) is 18.6 Å². The van der Waals surface area contributed by atoms with E-state index in [1.165, 1.54) is 12.8 Å². The third-order valence-corrected chi connectivity index (χ3v) is 2.46. The molecule has 14 heavy (non-hydrogen) atoms. The molecule has 0 aliphatic heterocycles. The van der Waals surface area contributed by atoms with E-state index in [-0.39, 0.29) is 0 Å². The summed E-state index contributed by atoms with van der Waals surface area (Å²) in [5.41, 5.74) is 6.61. The van der Waals surface area contributed by atoms with E-state index in [9.17, 15) is 0 Å². The van der Waals surface area contributed by atoms with Crippen molar-refractivity contribution in [1.82, 2.24) is 14.9 Å². The zero-order valence-electron chi connectivity index (χ0n) is 8.26. The number of nitrogens with two attached hydrogens (primary N) is 1. The van der Waals surface area contributed by atoms with Gasteiger partial charge in [0, 0.05) is 44.3 Å². The molecule has 1 aromatic rings. The molecule has 0 bridgehead atoms. The van der Waals surface area contributed by atoms with Crippen LogP contribution in [0.2, 0.25) is 0 Å². The van der Waals surface area contributed by atoms with Crippen LogP contribution >= 0.6 is 0 Å². The number of nitrogens with zero attached hydrogens (tertiary/aromatic N) is 3. The molecule has 2 N–H and O–H groups in total. The Morgan fingerprint density at radius 2 is 2.29 bits per heavy atom. The van der Waals surface area contributed by atoms with Gasteiger partial charge in [0.25, 0.3) is 0 Å². The van der Waals surface area contributed by atoms with Gasteiger partial charge in [-0.25, -0.2) is 0 Å². The first kappa shape index (κ1) is 9.55. The third-order valence-electron chi connectivity index (χ3n) is 2.46. The summed E-state index contributed by atoms with van der Waals surface area (Å²) in [6.45, 7) is 2.56. The Balaban J connectivity index is 1.93. The topological polar surface area (TPSA) is 55.0 Å². The zero-order chi connectivity index (χ0) is 9.80. The number of hydrogen-bond acceptors (Lipinski definition) is 4. The summed E-state index contributed by atoms with van der Waals surface area (Å²) in [5.74, 6) is 0. The summed E-state index contributed by atoms with van der Waals surface area (Å²) >= 11 is 0.